The maximum absolute atomic E-state index is 13.0. The molecule has 7 heteroatoms. The van der Waals surface area contributed by atoms with E-state index < -0.39 is 0 Å². The highest BCUT2D eigenvalue weighted by Crippen LogP contribution is 2.37. The van der Waals surface area contributed by atoms with Gasteiger partial charge in [-0.3, -0.25) is 4.79 Å². The predicted octanol–water partition coefficient (Wildman–Crippen LogP) is 3.88. The number of hydrogen-bond acceptors (Lipinski definition) is 5. The van der Waals surface area contributed by atoms with Crippen LogP contribution in [0, 0.1) is 0 Å². The number of carbonyl (C=O) groups is 1. The van der Waals surface area contributed by atoms with Gasteiger partial charge in [-0.1, -0.05) is 24.6 Å². The second kappa shape index (κ2) is 9.64. The number of ether oxygens (including phenoxy) is 2. The van der Waals surface area contributed by atoms with E-state index in [0.29, 0.717) is 48.4 Å². The van der Waals surface area contributed by atoms with Crippen LogP contribution in [-0.2, 0) is 0 Å². The van der Waals surface area contributed by atoms with E-state index in [2.05, 4.69) is 9.88 Å². The molecule has 3 rings (SSSR count). The van der Waals surface area contributed by atoms with Gasteiger partial charge in [-0.25, -0.2) is 4.98 Å². The van der Waals surface area contributed by atoms with Crippen molar-refractivity contribution >= 4 is 23.3 Å². The molecule has 0 unspecified atom stereocenters. The summed E-state index contributed by atoms with van der Waals surface area (Å²) in [6.45, 7) is 7.68. The number of benzene rings is 1. The van der Waals surface area contributed by atoms with Gasteiger partial charge in [-0.15, -0.1) is 0 Å². The molecule has 0 aliphatic carbocycles. The molecule has 6 nitrogen and oxygen atoms in total. The van der Waals surface area contributed by atoms with Gasteiger partial charge >= 0.3 is 0 Å². The first-order valence-electron chi connectivity index (χ1n) is 9.68. The number of pyridine rings is 1. The van der Waals surface area contributed by atoms with Crippen molar-refractivity contribution in [3.63, 3.8) is 0 Å². The SMILES string of the molecule is CCCOc1c(Cl)cc(C(=O)N2CCN(c3ccccn3)CC2)cc1OCC. The van der Waals surface area contributed by atoms with Crippen molar-refractivity contribution in [3.8, 4) is 11.5 Å². The standard InChI is InChI=1S/C21H26ClN3O3/c1-3-13-28-20-17(22)14-16(15-18(20)27-4-2)21(26)25-11-9-24(10-12-25)19-7-5-6-8-23-19/h5-8,14-15H,3-4,9-13H2,1-2H3. The zero-order chi connectivity index (χ0) is 19.9. The minimum absolute atomic E-state index is 0.0504. The molecule has 1 aliphatic rings. The number of carbonyl (C=O) groups excluding carboxylic acids is 1. The number of aromatic nitrogens is 1. The van der Waals surface area contributed by atoms with Crippen LogP contribution in [0.5, 0.6) is 11.5 Å². The maximum Gasteiger partial charge on any atom is 0.254 e. The zero-order valence-electron chi connectivity index (χ0n) is 16.4. The van der Waals surface area contributed by atoms with Gasteiger partial charge in [0.2, 0.25) is 0 Å². The molecule has 0 spiro atoms. The molecule has 0 atom stereocenters. The largest absolute Gasteiger partial charge is 0.490 e. The normalized spacial score (nSPS) is 14.1. The second-order valence-electron chi connectivity index (χ2n) is 6.53. The number of anilines is 1. The lowest BCUT2D eigenvalue weighted by molar-refractivity contribution is 0.0746. The average molecular weight is 404 g/mol. The highest BCUT2D eigenvalue weighted by Gasteiger charge is 2.25. The van der Waals surface area contributed by atoms with Crippen LogP contribution in [0.3, 0.4) is 0 Å². The first-order valence-corrected chi connectivity index (χ1v) is 10.1. The first-order chi connectivity index (χ1) is 13.6. The molecule has 1 amide bonds. The Balaban J connectivity index is 1.72. The van der Waals surface area contributed by atoms with Crippen molar-refractivity contribution in [1.29, 1.82) is 0 Å². The lowest BCUT2D eigenvalue weighted by Gasteiger charge is -2.35. The molecule has 1 aromatic heterocycles. The molecule has 0 N–H and O–H groups in total. The van der Waals surface area contributed by atoms with Gasteiger partial charge < -0.3 is 19.3 Å². The number of rotatable bonds is 7. The fraction of sp³-hybridized carbons (Fsp3) is 0.429. The third kappa shape index (κ3) is 4.68. The molecule has 1 fully saturated rings. The summed E-state index contributed by atoms with van der Waals surface area (Å²) in [5.74, 6) is 1.90. The Kier molecular flexibility index (Phi) is 6.98. The zero-order valence-corrected chi connectivity index (χ0v) is 17.1. The summed E-state index contributed by atoms with van der Waals surface area (Å²) in [4.78, 5) is 21.4. The Bertz CT molecular complexity index is 793. The average Bonchev–Trinajstić information content (AvgIpc) is 2.73. The fourth-order valence-electron chi connectivity index (χ4n) is 3.16. The molecule has 0 radical (unpaired) electrons. The quantitative estimate of drug-likeness (QED) is 0.702. The van der Waals surface area contributed by atoms with Crippen molar-refractivity contribution in [2.45, 2.75) is 20.3 Å². The summed E-state index contributed by atoms with van der Waals surface area (Å²) in [5.41, 5.74) is 0.517. The van der Waals surface area contributed by atoms with Crippen LogP contribution in [-0.4, -0.2) is 55.2 Å². The van der Waals surface area contributed by atoms with Gasteiger partial charge in [0.15, 0.2) is 11.5 Å². The van der Waals surface area contributed by atoms with E-state index in [-0.39, 0.29) is 5.91 Å². The summed E-state index contributed by atoms with van der Waals surface area (Å²) < 4.78 is 11.4. The molecule has 1 saturated heterocycles. The van der Waals surface area contributed by atoms with Crippen LogP contribution >= 0.6 is 11.6 Å². The summed E-state index contributed by atoms with van der Waals surface area (Å²) >= 11 is 6.40. The molecule has 150 valence electrons. The Morgan fingerprint density at radius 2 is 1.93 bits per heavy atom. The molecule has 1 aliphatic heterocycles. The van der Waals surface area contributed by atoms with Crippen molar-refractivity contribution in [1.82, 2.24) is 9.88 Å². The van der Waals surface area contributed by atoms with E-state index in [9.17, 15) is 4.79 Å². The van der Waals surface area contributed by atoms with Gasteiger partial charge in [0.25, 0.3) is 5.91 Å². The maximum atomic E-state index is 13.0. The molecule has 28 heavy (non-hydrogen) atoms. The minimum atomic E-state index is -0.0504. The fourth-order valence-corrected chi connectivity index (χ4v) is 3.43. The van der Waals surface area contributed by atoms with E-state index in [1.807, 2.05) is 36.9 Å². The van der Waals surface area contributed by atoms with Crippen LogP contribution in [0.2, 0.25) is 5.02 Å². The van der Waals surface area contributed by atoms with E-state index in [1.54, 1.807) is 18.3 Å². The van der Waals surface area contributed by atoms with Crippen molar-refractivity contribution in [2.24, 2.45) is 0 Å². The van der Waals surface area contributed by atoms with Gasteiger partial charge in [-0.2, -0.15) is 0 Å². The number of amides is 1. The van der Waals surface area contributed by atoms with Crippen molar-refractivity contribution in [2.75, 3.05) is 44.3 Å². The number of hydrogen-bond donors (Lipinski definition) is 0. The van der Waals surface area contributed by atoms with Gasteiger partial charge in [0.05, 0.1) is 18.2 Å². The second-order valence-corrected chi connectivity index (χ2v) is 6.94. The number of halogens is 1. The van der Waals surface area contributed by atoms with E-state index in [4.69, 9.17) is 21.1 Å². The summed E-state index contributed by atoms with van der Waals surface area (Å²) in [5, 5.41) is 0.398. The van der Waals surface area contributed by atoms with Crippen molar-refractivity contribution in [3.05, 3.63) is 47.1 Å². The van der Waals surface area contributed by atoms with Gasteiger partial charge in [0.1, 0.15) is 5.82 Å². The monoisotopic (exact) mass is 403 g/mol. The van der Waals surface area contributed by atoms with Crippen LogP contribution < -0.4 is 14.4 Å². The molecule has 0 saturated carbocycles. The minimum Gasteiger partial charge on any atom is -0.490 e. The highest BCUT2D eigenvalue weighted by molar-refractivity contribution is 6.32. The van der Waals surface area contributed by atoms with Crippen LogP contribution in [0.1, 0.15) is 30.6 Å². The third-order valence-corrected chi connectivity index (χ3v) is 4.83. The lowest BCUT2D eigenvalue weighted by atomic mass is 10.1. The van der Waals surface area contributed by atoms with Gasteiger partial charge in [0, 0.05) is 37.9 Å². The Morgan fingerprint density at radius 1 is 1.14 bits per heavy atom. The first kappa shape index (κ1) is 20.3. The molecule has 2 heterocycles. The predicted molar refractivity (Wildman–Crippen MR) is 111 cm³/mol. The van der Waals surface area contributed by atoms with E-state index in [1.165, 1.54) is 0 Å². The summed E-state index contributed by atoms with van der Waals surface area (Å²) in [7, 11) is 0. The number of nitrogens with zero attached hydrogens (tertiary/aromatic N) is 3. The van der Waals surface area contributed by atoms with E-state index >= 15 is 0 Å². The third-order valence-electron chi connectivity index (χ3n) is 4.55. The van der Waals surface area contributed by atoms with Crippen LogP contribution in [0.4, 0.5) is 5.82 Å². The molecule has 2 aromatic rings. The topological polar surface area (TPSA) is 54.9 Å². The van der Waals surface area contributed by atoms with E-state index in [0.717, 1.165) is 25.3 Å². The molecular weight excluding hydrogens is 378 g/mol. The molecular formula is C21H26ClN3O3. The smallest absolute Gasteiger partial charge is 0.254 e. The lowest BCUT2D eigenvalue weighted by Crippen LogP contribution is -2.49. The Hall–Kier alpha value is -2.47. The van der Waals surface area contributed by atoms with Crippen LogP contribution in [0.25, 0.3) is 0 Å². The summed E-state index contributed by atoms with van der Waals surface area (Å²) in [6.07, 6.45) is 2.65. The highest BCUT2D eigenvalue weighted by atomic mass is 35.5. The number of piperazine rings is 1. The van der Waals surface area contributed by atoms with Crippen molar-refractivity contribution < 1.29 is 14.3 Å². The van der Waals surface area contributed by atoms with Gasteiger partial charge in [-0.05, 0) is 37.6 Å². The Morgan fingerprint density at radius 3 is 2.57 bits per heavy atom. The van der Waals surface area contributed by atoms with Crippen LogP contribution in [0.15, 0.2) is 36.5 Å². The molecule has 1 aromatic carbocycles. The Labute approximate surface area is 171 Å². The molecule has 0 bridgehead atoms. The summed E-state index contributed by atoms with van der Waals surface area (Å²) in [6, 6.07) is 9.26.